The van der Waals surface area contributed by atoms with Gasteiger partial charge in [0.05, 0.1) is 0 Å². The number of carbonyl (C=O) groups excluding carboxylic acids is 2. The highest BCUT2D eigenvalue weighted by Crippen LogP contribution is 2.24. The van der Waals surface area contributed by atoms with E-state index in [0.717, 1.165) is 12.8 Å². The van der Waals surface area contributed by atoms with Gasteiger partial charge in [0.15, 0.2) is 0 Å². The lowest BCUT2D eigenvalue weighted by atomic mass is 9.91. The molecule has 0 aliphatic carbocycles. The van der Waals surface area contributed by atoms with Gasteiger partial charge >= 0.3 is 0 Å². The van der Waals surface area contributed by atoms with Crippen LogP contribution in [0.15, 0.2) is 18.2 Å². The minimum atomic E-state index is -0.508. The van der Waals surface area contributed by atoms with Crippen molar-refractivity contribution in [2.75, 3.05) is 27.2 Å². The summed E-state index contributed by atoms with van der Waals surface area (Å²) in [5.74, 6) is -0.855. The molecule has 1 atom stereocenters. The molecule has 2 amide bonds. The van der Waals surface area contributed by atoms with E-state index in [2.05, 4.69) is 0 Å². The van der Waals surface area contributed by atoms with Crippen molar-refractivity contribution >= 4 is 11.8 Å². The van der Waals surface area contributed by atoms with E-state index in [4.69, 9.17) is 0 Å². The summed E-state index contributed by atoms with van der Waals surface area (Å²) < 4.78 is 27.4. The second-order valence-corrected chi connectivity index (χ2v) is 6.88. The predicted octanol–water partition coefficient (Wildman–Crippen LogP) is 3.00. The van der Waals surface area contributed by atoms with Gasteiger partial charge in [-0.2, -0.15) is 0 Å². The highest BCUT2D eigenvalue weighted by atomic mass is 19.1. The monoisotopic (exact) mass is 352 g/mol. The highest BCUT2D eigenvalue weighted by Gasteiger charge is 2.24. The molecule has 1 heterocycles. The molecule has 1 aromatic carbocycles. The van der Waals surface area contributed by atoms with Gasteiger partial charge in [-0.3, -0.25) is 9.59 Å². The Labute approximate surface area is 147 Å². The third kappa shape index (κ3) is 5.51. The smallest absolute Gasteiger partial charge is 0.223 e. The van der Waals surface area contributed by atoms with Crippen LogP contribution in [0.3, 0.4) is 0 Å². The molecule has 0 N–H and O–H groups in total. The Kier molecular flexibility index (Phi) is 6.91. The molecule has 0 saturated carbocycles. The molecule has 4 nitrogen and oxygen atoms in total. The zero-order valence-electron chi connectivity index (χ0n) is 14.9. The van der Waals surface area contributed by atoms with Crippen molar-refractivity contribution in [3.05, 3.63) is 35.4 Å². The molecular formula is C19H26F2N2O2. The van der Waals surface area contributed by atoms with Crippen molar-refractivity contribution in [3.8, 4) is 0 Å². The van der Waals surface area contributed by atoms with E-state index < -0.39 is 11.6 Å². The summed E-state index contributed by atoms with van der Waals surface area (Å²) in [5.41, 5.74) is 0.127. The highest BCUT2D eigenvalue weighted by molar-refractivity contribution is 5.83. The molecule has 0 spiro atoms. The topological polar surface area (TPSA) is 40.6 Å². The zero-order chi connectivity index (χ0) is 18.4. The number of benzene rings is 1. The minimum absolute atomic E-state index is 0.0167. The van der Waals surface area contributed by atoms with E-state index in [9.17, 15) is 18.4 Å². The summed E-state index contributed by atoms with van der Waals surface area (Å²) in [6.07, 6.45) is 3.26. The Morgan fingerprint density at radius 2 is 1.88 bits per heavy atom. The molecule has 1 aromatic rings. The number of carbonyl (C=O) groups is 2. The van der Waals surface area contributed by atoms with Crippen LogP contribution in [0.1, 0.15) is 37.7 Å². The van der Waals surface area contributed by atoms with Gasteiger partial charge in [-0.15, -0.1) is 0 Å². The standard InChI is InChI=1S/C19H26F2N2O2/c1-22(2)18(24)10-11-19(25)23-12-4-5-14(13-23)8-9-15-16(20)6-3-7-17(15)21/h3,6-7,14H,4-5,8-13H2,1-2H3/t14-/m1/s1. The number of likely N-dealkylation sites (tertiary alicyclic amines) is 1. The van der Waals surface area contributed by atoms with Crippen LogP contribution in [0.5, 0.6) is 0 Å². The van der Waals surface area contributed by atoms with Crippen molar-refractivity contribution in [3.63, 3.8) is 0 Å². The maximum absolute atomic E-state index is 13.7. The first-order valence-electron chi connectivity index (χ1n) is 8.79. The summed E-state index contributed by atoms with van der Waals surface area (Å²) >= 11 is 0. The second kappa shape index (κ2) is 8.92. The van der Waals surface area contributed by atoms with E-state index in [1.165, 1.54) is 23.1 Å². The molecular weight excluding hydrogens is 326 g/mol. The Balaban J connectivity index is 1.84. The van der Waals surface area contributed by atoms with E-state index in [0.29, 0.717) is 25.9 Å². The quantitative estimate of drug-likeness (QED) is 0.790. The van der Waals surface area contributed by atoms with Crippen LogP contribution in [-0.2, 0) is 16.0 Å². The van der Waals surface area contributed by atoms with Crippen molar-refractivity contribution in [1.29, 1.82) is 0 Å². The van der Waals surface area contributed by atoms with Gasteiger partial charge in [0, 0.05) is 45.6 Å². The summed E-state index contributed by atoms with van der Waals surface area (Å²) in [5, 5.41) is 0. The molecule has 1 aliphatic heterocycles. The SMILES string of the molecule is CN(C)C(=O)CCC(=O)N1CCC[C@H](CCc2c(F)cccc2F)C1. The summed E-state index contributed by atoms with van der Waals surface area (Å²) in [6, 6.07) is 3.91. The number of amides is 2. The zero-order valence-corrected chi connectivity index (χ0v) is 14.9. The Morgan fingerprint density at radius 3 is 2.52 bits per heavy atom. The molecule has 138 valence electrons. The number of rotatable bonds is 6. The lowest BCUT2D eigenvalue weighted by Crippen LogP contribution is -2.40. The fraction of sp³-hybridized carbons (Fsp3) is 0.579. The minimum Gasteiger partial charge on any atom is -0.349 e. The third-order valence-corrected chi connectivity index (χ3v) is 4.79. The van der Waals surface area contributed by atoms with Gasteiger partial charge < -0.3 is 9.80 Å². The molecule has 1 fully saturated rings. The van der Waals surface area contributed by atoms with Crippen LogP contribution in [-0.4, -0.2) is 48.8 Å². The summed E-state index contributed by atoms with van der Waals surface area (Å²) in [6.45, 7) is 1.30. The summed E-state index contributed by atoms with van der Waals surface area (Å²) in [4.78, 5) is 27.2. The number of nitrogens with zero attached hydrogens (tertiary/aromatic N) is 2. The van der Waals surface area contributed by atoms with E-state index >= 15 is 0 Å². The van der Waals surface area contributed by atoms with Crippen LogP contribution >= 0.6 is 0 Å². The number of hydrogen-bond acceptors (Lipinski definition) is 2. The predicted molar refractivity (Wildman–Crippen MR) is 91.9 cm³/mol. The van der Waals surface area contributed by atoms with Crippen LogP contribution in [0.25, 0.3) is 0 Å². The van der Waals surface area contributed by atoms with Crippen molar-refractivity contribution in [1.82, 2.24) is 9.80 Å². The lowest BCUT2D eigenvalue weighted by Gasteiger charge is -2.33. The van der Waals surface area contributed by atoms with Gasteiger partial charge in [-0.1, -0.05) is 6.07 Å². The van der Waals surface area contributed by atoms with Gasteiger partial charge in [-0.05, 0) is 43.7 Å². The van der Waals surface area contributed by atoms with Crippen LogP contribution in [0.2, 0.25) is 0 Å². The molecule has 0 unspecified atom stereocenters. The van der Waals surface area contributed by atoms with Gasteiger partial charge in [0.25, 0.3) is 0 Å². The number of hydrogen-bond donors (Lipinski definition) is 0. The van der Waals surface area contributed by atoms with E-state index in [-0.39, 0.29) is 36.1 Å². The van der Waals surface area contributed by atoms with E-state index in [1.54, 1.807) is 19.0 Å². The summed E-state index contributed by atoms with van der Waals surface area (Å²) in [7, 11) is 3.34. The first kappa shape index (κ1) is 19.3. The maximum Gasteiger partial charge on any atom is 0.223 e. The van der Waals surface area contributed by atoms with Gasteiger partial charge in [-0.25, -0.2) is 8.78 Å². The van der Waals surface area contributed by atoms with Crippen molar-refractivity contribution in [2.24, 2.45) is 5.92 Å². The number of piperidine rings is 1. The average Bonchev–Trinajstić information content (AvgIpc) is 2.59. The largest absolute Gasteiger partial charge is 0.349 e. The Bertz CT molecular complexity index is 599. The van der Waals surface area contributed by atoms with Crippen molar-refractivity contribution in [2.45, 2.75) is 38.5 Å². The maximum atomic E-state index is 13.7. The van der Waals surface area contributed by atoms with Gasteiger partial charge in [0.1, 0.15) is 11.6 Å². The van der Waals surface area contributed by atoms with Crippen LogP contribution in [0, 0.1) is 17.6 Å². The third-order valence-electron chi connectivity index (χ3n) is 4.79. The molecule has 1 saturated heterocycles. The molecule has 0 aromatic heterocycles. The second-order valence-electron chi connectivity index (χ2n) is 6.88. The molecule has 1 aliphatic rings. The molecule has 0 bridgehead atoms. The molecule has 2 rings (SSSR count). The first-order valence-corrected chi connectivity index (χ1v) is 8.79. The first-order chi connectivity index (χ1) is 11.9. The normalized spacial score (nSPS) is 17.4. The van der Waals surface area contributed by atoms with Crippen molar-refractivity contribution < 1.29 is 18.4 Å². The van der Waals surface area contributed by atoms with Crippen LogP contribution < -0.4 is 0 Å². The molecule has 25 heavy (non-hydrogen) atoms. The fourth-order valence-electron chi connectivity index (χ4n) is 3.24. The lowest BCUT2D eigenvalue weighted by molar-refractivity contribution is -0.137. The van der Waals surface area contributed by atoms with E-state index in [1.807, 2.05) is 0 Å². The Morgan fingerprint density at radius 1 is 1.20 bits per heavy atom. The molecule has 6 heteroatoms. The Hall–Kier alpha value is -1.98. The fourth-order valence-corrected chi connectivity index (χ4v) is 3.24. The average molecular weight is 352 g/mol. The molecule has 0 radical (unpaired) electrons. The number of halogens is 2. The van der Waals surface area contributed by atoms with Crippen LogP contribution in [0.4, 0.5) is 8.78 Å². The van der Waals surface area contributed by atoms with Gasteiger partial charge in [0.2, 0.25) is 11.8 Å².